The first kappa shape index (κ1) is 8.04. The van der Waals surface area contributed by atoms with E-state index in [2.05, 4.69) is 5.32 Å². The lowest BCUT2D eigenvalue weighted by Gasteiger charge is -2.19. The highest BCUT2D eigenvalue weighted by molar-refractivity contribution is 5.71. The van der Waals surface area contributed by atoms with Crippen molar-refractivity contribution >= 4 is 11.4 Å². The van der Waals surface area contributed by atoms with Crippen LogP contribution >= 0.6 is 0 Å². The van der Waals surface area contributed by atoms with Gasteiger partial charge in [0.1, 0.15) is 13.2 Å². The Labute approximate surface area is 76.6 Å². The molecule has 70 valence electrons. The fourth-order valence-electron chi connectivity index (χ4n) is 1.32. The van der Waals surface area contributed by atoms with Crippen molar-refractivity contribution in [2.45, 2.75) is 0 Å². The van der Waals surface area contributed by atoms with Crippen molar-refractivity contribution in [3.63, 3.8) is 0 Å². The molecule has 0 spiro atoms. The number of rotatable bonds is 1. The second-order valence-corrected chi connectivity index (χ2v) is 2.83. The van der Waals surface area contributed by atoms with Gasteiger partial charge in [0.25, 0.3) is 0 Å². The summed E-state index contributed by atoms with van der Waals surface area (Å²) in [6.07, 6.45) is 0. The Morgan fingerprint density at radius 1 is 1.23 bits per heavy atom. The number of benzene rings is 1. The van der Waals surface area contributed by atoms with Crippen LogP contribution in [-0.2, 0) is 0 Å². The number of anilines is 2. The fourth-order valence-corrected chi connectivity index (χ4v) is 1.32. The molecule has 4 nitrogen and oxygen atoms in total. The SMILES string of the molecule is CNc1cc2c(cc1N)OCCO2. The monoisotopic (exact) mass is 180 g/mol. The Morgan fingerprint density at radius 2 is 1.85 bits per heavy atom. The first-order valence-corrected chi connectivity index (χ1v) is 4.18. The highest BCUT2D eigenvalue weighted by Crippen LogP contribution is 2.36. The molecule has 0 bridgehead atoms. The van der Waals surface area contributed by atoms with E-state index in [-0.39, 0.29) is 0 Å². The predicted octanol–water partition coefficient (Wildman–Crippen LogP) is 1.08. The van der Waals surface area contributed by atoms with Gasteiger partial charge in [0, 0.05) is 19.2 Å². The summed E-state index contributed by atoms with van der Waals surface area (Å²) in [4.78, 5) is 0. The van der Waals surface area contributed by atoms with Gasteiger partial charge in [-0.3, -0.25) is 0 Å². The van der Waals surface area contributed by atoms with E-state index in [1.807, 2.05) is 13.1 Å². The maximum atomic E-state index is 5.76. The van der Waals surface area contributed by atoms with Crippen LogP contribution < -0.4 is 20.5 Å². The minimum Gasteiger partial charge on any atom is -0.486 e. The number of fused-ring (bicyclic) bond motifs is 1. The van der Waals surface area contributed by atoms with Gasteiger partial charge in [0.05, 0.1) is 11.4 Å². The normalized spacial score (nSPS) is 13.9. The molecule has 0 atom stereocenters. The molecule has 1 aliphatic rings. The number of hydrogen-bond acceptors (Lipinski definition) is 4. The third-order valence-corrected chi connectivity index (χ3v) is 1.98. The first-order valence-electron chi connectivity index (χ1n) is 4.18. The van der Waals surface area contributed by atoms with E-state index in [0.717, 1.165) is 17.2 Å². The standard InChI is InChI=1S/C9H12N2O2/c1-11-7-5-9-8(4-6(7)10)12-2-3-13-9/h4-5,11H,2-3,10H2,1H3. The average molecular weight is 180 g/mol. The quantitative estimate of drug-likeness (QED) is 0.635. The molecule has 1 aromatic rings. The smallest absolute Gasteiger partial charge is 0.163 e. The summed E-state index contributed by atoms with van der Waals surface area (Å²) >= 11 is 0. The first-order chi connectivity index (χ1) is 6.31. The van der Waals surface area contributed by atoms with Crippen molar-refractivity contribution < 1.29 is 9.47 Å². The van der Waals surface area contributed by atoms with E-state index >= 15 is 0 Å². The van der Waals surface area contributed by atoms with Crippen LogP contribution in [-0.4, -0.2) is 20.3 Å². The Morgan fingerprint density at radius 3 is 2.46 bits per heavy atom. The summed E-state index contributed by atoms with van der Waals surface area (Å²) in [7, 11) is 1.82. The molecule has 1 aromatic carbocycles. The second kappa shape index (κ2) is 3.05. The Kier molecular flexibility index (Phi) is 1.88. The van der Waals surface area contributed by atoms with E-state index in [1.54, 1.807) is 6.07 Å². The summed E-state index contributed by atoms with van der Waals surface area (Å²) in [6, 6.07) is 3.63. The van der Waals surface area contributed by atoms with Crippen molar-refractivity contribution in [3.8, 4) is 11.5 Å². The molecule has 0 saturated carbocycles. The summed E-state index contributed by atoms with van der Waals surface area (Å²) in [6.45, 7) is 1.19. The predicted molar refractivity (Wildman–Crippen MR) is 51.4 cm³/mol. The van der Waals surface area contributed by atoms with Crippen molar-refractivity contribution in [2.75, 3.05) is 31.3 Å². The average Bonchev–Trinajstić information content (AvgIpc) is 2.17. The highest BCUT2D eigenvalue weighted by atomic mass is 16.6. The molecule has 2 rings (SSSR count). The van der Waals surface area contributed by atoms with Crippen LogP contribution in [0.2, 0.25) is 0 Å². The third kappa shape index (κ3) is 1.35. The van der Waals surface area contributed by atoms with Crippen LogP contribution in [0.25, 0.3) is 0 Å². The zero-order chi connectivity index (χ0) is 9.26. The maximum absolute atomic E-state index is 5.76. The van der Waals surface area contributed by atoms with Crippen LogP contribution in [0.3, 0.4) is 0 Å². The van der Waals surface area contributed by atoms with Crippen molar-refractivity contribution in [3.05, 3.63) is 12.1 Å². The topological polar surface area (TPSA) is 56.5 Å². The lowest BCUT2D eigenvalue weighted by Crippen LogP contribution is -2.15. The summed E-state index contributed by atoms with van der Waals surface area (Å²) in [5.74, 6) is 1.48. The van der Waals surface area contributed by atoms with Crippen LogP contribution in [0.5, 0.6) is 11.5 Å². The molecule has 0 saturated heterocycles. The molecule has 0 radical (unpaired) electrons. The molecule has 3 N–H and O–H groups in total. The van der Waals surface area contributed by atoms with E-state index < -0.39 is 0 Å². The minimum atomic E-state index is 0.589. The van der Waals surface area contributed by atoms with Crippen molar-refractivity contribution in [1.29, 1.82) is 0 Å². The molecular weight excluding hydrogens is 168 g/mol. The van der Waals surface area contributed by atoms with E-state index in [0.29, 0.717) is 18.9 Å². The number of ether oxygens (including phenoxy) is 2. The van der Waals surface area contributed by atoms with Gasteiger partial charge < -0.3 is 20.5 Å². The third-order valence-electron chi connectivity index (χ3n) is 1.98. The van der Waals surface area contributed by atoms with Crippen LogP contribution in [0, 0.1) is 0 Å². The molecular formula is C9H12N2O2. The van der Waals surface area contributed by atoms with Crippen LogP contribution in [0.1, 0.15) is 0 Å². The molecule has 13 heavy (non-hydrogen) atoms. The Bertz CT molecular complexity index is 326. The molecule has 0 aliphatic carbocycles. The zero-order valence-corrected chi connectivity index (χ0v) is 7.46. The highest BCUT2D eigenvalue weighted by Gasteiger charge is 2.13. The van der Waals surface area contributed by atoms with Gasteiger partial charge in [-0.2, -0.15) is 0 Å². The molecule has 1 heterocycles. The number of nitrogen functional groups attached to an aromatic ring is 1. The largest absolute Gasteiger partial charge is 0.486 e. The summed E-state index contributed by atoms with van der Waals surface area (Å²) in [5, 5.41) is 2.98. The van der Waals surface area contributed by atoms with E-state index in [9.17, 15) is 0 Å². The lowest BCUT2D eigenvalue weighted by molar-refractivity contribution is 0.172. The van der Waals surface area contributed by atoms with Crippen molar-refractivity contribution in [2.24, 2.45) is 0 Å². The summed E-state index contributed by atoms with van der Waals surface area (Å²) in [5.41, 5.74) is 7.30. The fraction of sp³-hybridized carbons (Fsp3) is 0.333. The van der Waals surface area contributed by atoms with Gasteiger partial charge in [0.15, 0.2) is 11.5 Å². The molecule has 4 heteroatoms. The number of hydrogen-bond donors (Lipinski definition) is 2. The van der Waals surface area contributed by atoms with Gasteiger partial charge in [0.2, 0.25) is 0 Å². The van der Waals surface area contributed by atoms with Gasteiger partial charge in [-0.25, -0.2) is 0 Å². The van der Waals surface area contributed by atoms with Crippen molar-refractivity contribution in [1.82, 2.24) is 0 Å². The molecule has 1 aliphatic heterocycles. The van der Waals surface area contributed by atoms with Gasteiger partial charge in [-0.1, -0.05) is 0 Å². The Balaban J connectivity index is 2.44. The van der Waals surface area contributed by atoms with E-state index in [4.69, 9.17) is 15.2 Å². The van der Waals surface area contributed by atoms with Gasteiger partial charge in [-0.05, 0) is 0 Å². The molecule has 0 fully saturated rings. The Hall–Kier alpha value is -1.58. The zero-order valence-electron chi connectivity index (χ0n) is 7.46. The minimum absolute atomic E-state index is 0.589. The maximum Gasteiger partial charge on any atom is 0.163 e. The second-order valence-electron chi connectivity index (χ2n) is 2.83. The lowest BCUT2D eigenvalue weighted by atomic mass is 10.2. The van der Waals surface area contributed by atoms with Crippen LogP contribution in [0.15, 0.2) is 12.1 Å². The summed E-state index contributed by atoms with van der Waals surface area (Å²) < 4.78 is 10.8. The molecule has 0 unspecified atom stereocenters. The van der Waals surface area contributed by atoms with E-state index in [1.165, 1.54) is 0 Å². The number of nitrogens with two attached hydrogens (primary N) is 1. The van der Waals surface area contributed by atoms with Crippen LogP contribution in [0.4, 0.5) is 11.4 Å². The number of nitrogens with one attached hydrogen (secondary N) is 1. The van der Waals surface area contributed by atoms with Gasteiger partial charge in [-0.15, -0.1) is 0 Å². The van der Waals surface area contributed by atoms with Gasteiger partial charge >= 0.3 is 0 Å². The molecule has 0 aromatic heterocycles. The molecule has 0 amide bonds.